The summed E-state index contributed by atoms with van der Waals surface area (Å²) in [6.45, 7) is 0. The van der Waals surface area contributed by atoms with E-state index in [0.29, 0.717) is 11.4 Å². The molecule has 2 heterocycles. The average Bonchev–Trinajstić information content (AvgIpc) is 3.08. The lowest BCUT2D eigenvalue weighted by molar-refractivity contribution is -0.128. The van der Waals surface area contributed by atoms with E-state index in [1.165, 1.54) is 0 Å². The molecule has 3 nitrogen and oxygen atoms in total. The summed E-state index contributed by atoms with van der Waals surface area (Å²) < 4.78 is 5.48. The standard InChI is InChI=1S/C17H13Cl2NO2/c18-11-17(21)20-8-7-13(12-3-5-14(19)6-4-12)10-15(20)16-2-1-9-22-16/h1-6,8-9,15H,10-11H2. The number of carbonyl (C=O) groups excluding carboxylic acids is 1. The summed E-state index contributed by atoms with van der Waals surface area (Å²) in [6, 6.07) is 11.0. The topological polar surface area (TPSA) is 33.5 Å². The van der Waals surface area contributed by atoms with Gasteiger partial charge in [0.25, 0.3) is 0 Å². The van der Waals surface area contributed by atoms with Gasteiger partial charge in [0, 0.05) is 17.0 Å². The van der Waals surface area contributed by atoms with Crippen LogP contribution in [0.15, 0.2) is 59.0 Å². The Kier molecular flexibility index (Phi) is 4.39. The molecule has 0 aliphatic carbocycles. The Bertz CT molecular complexity index is 729. The third kappa shape index (κ3) is 2.97. The van der Waals surface area contributed by atoms with Crippen molar-refractivity contribution in [1.29, 1.82) is 0 Å². The monoisotopic (exact) mass is 333 g/mol. The molecule has 1 aromatic heterocycles. The summed E-state index contributed by atoms with van der Waals surface area (Å²) in [5.41, 5.74) is 5.19. The van der Waals surface area contributed by atoms with Gasteiger partial charge in [-0.25, -0.2) is 0 Å². The fourth-order valence-corrected chi connectivity index (χ4v) is 2.74. The number of amides is 1. The van der Waals surface area contributed by atoms with Gasteiger partial charge in [-0.1, -0.05) is 29.5 Å². The smallest absolute Gasteiger partial charge is 0.242 e. The van der Waals surface area contributed by atoms with Crippen molar-refractivity contribution in [3.8, 4) is 0 Å². The Morgan fingerprint density at radius 2 is 2.09 bits per heavy atom. The molecule has 3 rings (SSSR count). The molecule has 5 heteroatoms. The van der Waals surface area contributed by atoms with Gasteiger partial charge < -0.3 is 4.42 Å². The molecule has 1 amide bonds. The molecule has 2 aromatic rings. The summed E-state index contributed by atoms with van der Waals surface area (Å²) in [5, 5.41) is 0.686. The van der Waals surface area contributed by atoms with E-state index in [4.69, 9.17) is 27.6 Å². The number of halogens is 2. The zero-order chi connectivity index (χ0) is 15.5. The molecule has 1 aliphatic heterocycles. The van der Waals surface area contributed by atoms with Crippen LogP contribution in [0.2, 0.25) is 5.02 Å². The molecular weight excluding hydrogens is 321 g/mol. The van der Waals surface area contributed by atoms with Gasteiger partial charge in [0.2, 0.25) is 5.91 Å². The second-order valence-electron chi connectivity index (χ2n) is 4.93. The fraction of sp³-hybridized carbons (Fsp3) is 0.176. The van der Waals surface area contributed by atoms with E-state index >= 15 is 0 Å². The van der Waals surface area contributed by atoms with Crippen LogP contribution >= 0.6 is 23.2 Å². The van der Waals surface area contributed by atoms with E-state index in [2.05, 4.69) is 5.73 Å². The van der Waals surface area contributed by atoms with E-state index in [-0.39, 0.29) is 17.8 Å². The van der Waals surface area contributed by atoms with E-state index < -0.39 is 0 Å². The summed E-state index contributed by atoms with van der Waals surface area (Å²) >= 11 is 11.6. The summed E-state index contributed by atoms with van der Waals surface area (Å²) in [5.74, 6) is 0.472. The number of hydrogen-bond donors (Lipinski definition) is 0. The van der Waals surface area contributed by atoms with Gasteiger partial charge in [-0.2, -0.15) is 0 Å². The van der Waals surface area contributed by atoms with Crippen LogP contribution in [-0.2, 0) is 4.79 Å². The van der Waals surface area contributed by atoms with Gasteiger partial charge in [0.1, 0.15) is 11.6 Å². The largest absolute Gasteiger partial charge is 0.467 e. The molecule has 0 saturated heterocycles. The molecule has 0 N–H and O–H groups in total. The zero-order valence-corrected chi connectivity index (χ0v) is 13.1. The van der Waals surface area contributed by atoms with Crippen molar-refractivity contribution in [2.45, 2.75) is 12.5 Å². The summed E-state index contributed by atoms with van der Waals surface area (Å²) in [7, 11) is 0. The quantitative estimate of drug-likeness (QED) is 0.605. The predicted molar refractivity (Wildman–Crippen MR) is 86.6 cm³/mol. The minimum atomic E-state index is -0.215. The van der Waals surface area contributed by atoms with Crippen molar-refractivity contribution >= 4 is 34.7 Å². The number of nitrogens with zero attached hydrogens (tertiary/aromatic N) is 1. The van der Waals surface area contributed by atoms with Crippen LogP contribution in [0.1, 0.15) is 23.8 Å². The first kappa shape index (κ1) is 15.0. The normalized spacial score (nSPS) is 17.5. The van der Waals surface area contributed by atoms with Crippen LogP contribution in [0.5, 0.6) is 0 Å². The number of rotatable bonds is 3. The van der Waals surface area contributed by atoms with Gasteiger partial charge in [-0.05, 0) is 29.8 Å². The number of alkyl halides is 1. The van der Waals surface area contributed by atoms with Gasteiger partial charge in [-0.15, -0.1) is 11.6 Å². The Labute approximate surface area is 138 Å². The van der Waals surface area contributed by atoms with Gasteiger partial charge in [0.15, 0.2) is 0 Å². The molecule has 1 atom stereocenters. The highest BCUT2D eigenvalue weighted by Crippen LogP contribution is 2.35. The van der Waals surface area contributed by atoms with E-state index in [9.17, 15) is 4.79 Å². The fourth-order valence-electron chi connectivity index (χ4n) is 2.47. The molecule has 1 unspecified atom stereocenters. The van der Waals surface area contributed by atoms with Crippen LogP contribution < -0.4 is 0 Å². The first-order valence-electron chi connectivity index (χ1n) is 6.81. The molecule has 22 heavy (non-hydrogen) atoms. The Morgan fingerprint density at radius 3 is 2.73 bits per heavy atom. The third-order valence-corrected chi connectivity index (χ3v) is 4.06. The molecule has 112 valence electrons. The highest BCUT2D eigenvalue weighted by molar-refractivity contribution is 6.30. The van der Waals surface area contributed by atoms with Crippen molar-refractivity contribution in [3.63, 3.8) is 0 Å². The molecule has 0 saturated carbocycles. The van der Waals surface area contributed by atoms with Crippen molar-refractivity contribution < 1.29 is 9.21 Å². The lowest BCUT2D eigenvalue weighted by Gasteiger charge is -2.29. The summed E-state index contributed by atoms with van der Waals surface area (Å²) in [4.78, 5) is 13.6. The van der Waals surface area contributed by atoms with Crippen LogP contribution in [0.25, 0.3) is 5.57 Å². The van der Waals surface area contributed by atoms with E-state index in [0.717, 1.165) is 16.9 Å². The molecule has 0 fully saturated rings. The van der Waals surface area contributed by atoms with Gasteiger partial charge in [0.05, 0.1) is 18.5 Å². The van der Waals surface area contributed by atoms with Crippen molar-refractivity contribution in [2.75, 3.05) is 5.88 Å². The first-order valence-corrected chi connectivity index (χ1v) is 7.72. The minimum absolute atomic E-state index is 0.0777. The SMILES string of the molecule is O=C(CCl)N1C=C=C(c2ccc(Cl)cc2)CC1c1ccco1. The molecule has 1 aliphatic rings. The van der Waals surface area contributed by atoms with E-state index in [1.54, 1.807) is 17.4 Å². The lowest BCUT2D eigenvalue weighted by atomic mass is 9.95. The average molecular weight is 334 g/mol. The maximum absolute atomic E-state index is 12.0. The number of furan rings is 1. The summed E-state index contributed by atoms with van der Waals surface area (Å²) in [6.07, 6.45) is 3.85. The second-order valence-corrected chi connectivity index (χ2v) is 5.63. The Hall–Kier alpha value is -1.93. The number of benzene rings is 1. The van der Waals surface area contributed by atoms with Crippen molar-refractivity contribution in [1.82, 2.24) is 4.90 Å². The molecule has 0 spiro atoms. The second kappa shape index (κ2) is 6.45. The maximum atomic E-state index is 12.0. The number of hydrogen-bond acceptors (Lipinski definition) is 2. The third-order valence-electron chi connectivity index (χ3n) is 3.58. The van der Waals surface area contributed by atoms with E-state index in [1.807, 2.05) is 36.4 Å². The van der Waals surface area contributed by atoms with Gasteiger partial charge >= 0.3 is 0 Å². The lowest BCUT2D eigenvalue weighted by Crippen LogP contribution is -2.32. The van der Waals surface area contributed by atoms with Crippen LogP contribution in [0.4, 0.5) is 0 Å². The van der Waals surface area contributed by atoms with Crippen LogP contribution in [0.3, 0.4) is 0 Å². The Morgan fingerprint density at radius 1 is 1.32 bits per heavy atom. The number of carbonyl (C=O) groups is 1. The molecule has 0 bridgehead atoms. The van der Waals surface area contributed by atoms with Crippen molar-refractivity contribution in [3.05, 3.63) is 70.9 Å². The highest BCUT2D eigenvalue weighted by atomic mass is 35.5. The molecule has 0 radical (unpaired) electrons. The first-order chi connectivity index (χ1) is 10.7. The van der Waals surface area contributed by atoms with Crippen LogP contribution in [0, 0.1) is 0 Å². The van der Waals surface area contributed by atoms with Gasteiger partial charge in [-0.3, -0.25) is 9.69 Å². The predicted octanol–water partition coefficient (Wildman–Crippen LogP) is 4.64. The van der Waals surface area contributed by atoms with Crippen molar-refractivity contribution in [2.24, 2.45) is 0 Å². The molecular formula is C17H13Cl2NO2. The minimum Gasteiger partial charge on any atom is -0.467 e. The maximum Gasteiger partial charge on any atom is 0.242 e. The molecule has 1 aromatic carbocycles. The Balaban J connectivity index is 1.98. The van der Waals surface area contributed by atoms with Crippen LogP contribution in [-0.4, -0.2) is 16.7 Å². The highest BCUT2D eigenvalue weighted by Gasteiger charge is 2.28. The zero-order valence-electron chi connectivity index (χ0n) is 11.6.